The van der Waals surface area contributed by atoms with Gasteiger partial charge in [-0.1, -0.05) is 23.7 Å². The maximum absolute atomic E-state index is 7.50. The zero-order chi connectivity index (χ0) is 13.9. The summed E-state index contributed by atoms with van der Waals surface area (Å²) in [6.45, 7) is 3.76. The standard InChI is InChI=1S/C12H18ClN5.ClH/c1-12(2,18(10(14)15)11(16)17)7-8-3-5-9(13)6-4-8;/h3-6H,7H2,1-2H3,(H3,14,15)(H3,16,17);1H. The van der Waals surface area contributed by atoms with Crippen LogP contribution in [0, 0.1) is 10.8 Å². The van der Waals surface area contributed by atoms with E-state index in [-0.39, 0.29) is 24.3 Å². The molecule has 0 saturated carbocycles. The van der Waals surface area contributed by atoms with Gasteiger partial charge in [0.25, 0.3) is 0 Å². The Kier molecular flexibility index (Phi) is 6.12. The maximum atomic E-state index is 7.50. The predicted molar refractivity (Wildman–Crippen MR) is 82.2 cm³/mol. The molecule has 0 radical (unpaired) electrons. The van der Waals surface area contributed by atoms with E-state index in [0.717, 1.165) is 5.56 Å². The van der Waals surface area contributed by atoms with Crippen LogP contribution in [-0.4, -0.2) is 22.4 Å². The molecule has 0 heterocycles. The third kappa shape index (κ3) is 4.61. The molecule has 1 aromatic carbocycles. The van der Waals surface area contributed by atoms with Crippen LogP contribution in [0.15, 0.2) is 24.3 Å². The van der Waals surface area contributed by atoms with Crippen LogP contribution >= 0.6 is 24.0 Å². The van der Waals surface area contributed by atoms with Crippen molar-refractivity contribution in [3.8, 4) is 0 Å². The van der Waals surface area contributed by atoms with Gasteiger partial charge in [0.1, 0.15) is 0 Å². The number of nitrogens with zero attached hydrogens (tertiary/aromatic N) is 1. The summed E-state index contributed by atoms with van der Waals surface area (Å²) in [4.78, 5) is 1.29. The second kappa shape index (κ2) is 6.63. The molecule has 0 aliphatic carbocycles. The number of hydrogen-bond acceptors (Lipinski definition) is 2. The largest absolute Gasteiger partial charge is 0.370 e. The van der Waals surface area contributed by atoms with Crippen LogP contribution in [0.5, 0.6) is 0 Å². The average molecular weight is 304 g/mol. The lowest BCUT2D eigenvalue weighted by molar-refractivity contribution is 0.300. The zero-order valence-corrected chi connectivity index (χ0v) is 12.5. The van der Waals surface area contributed by atoms with Gasteiger partial charge in [-0.2, -0.15) is 0 Å². The Morgan fingerprint density at radius 2 is 1.58 bits per heavy atom. The van der Waals surface area contributed by atoms with Crippen LogP contribution in [0.2, 0.25) is 5.02 Å². The van der Waals surface area contributed by atoms with Gasteiger partial charge in [-0.05, 0) is 38.0 Å². The predicted octanol–water partition coefficient (Wildman–Crippen LogP) is 2.17. The van der Waals surface area contributed by atoms with Crippen molar-refractivity contribution in [2.75, 3.05) is 0 Å². The quantitative estimate of drug-likeness (QED) is 0.508. The van der Waals surface area contributed by atoms with E-state index in [1.54, 1.807) is 12.1 Å². The second-order valence-corrected chi connectivity index (χ2v) is 5.16. The van der Waals surface area contributed by atoms with Gasteiger partial charge < -0.3 is 11.5 Å². The Labute approximate surface area is 124 Å². The number of guanidine groups is 2. The molecule has 5 nitrogen and oxygen atoms in total. The summed E-state index contributed by atoms with van der Waals surface area (Å²) in [5.74, 6) is -0.470. The number of nitrogens with one attached hydrogen (secondary N) is 2. The normalized spacial score (nSPS) is 10.5. The van der Waals surface area contributed by atoms with Crippen LogP contribution in [0.1, 0.15) is 19.4 Å². The summed E-state index contributed by atoms with van der Waals surface area (Å²) < 4.78 is 0. The van der Waals surface area contributed by atoms with Crippen LogP contribution in [-0.2, 0) is 6.42 Å². The molecule has 106 valence electrons. The third-order valence-corrected chi connectivity index (χ3v) is 2.89. The molecule has 6 N–H and O–H groups in total. The lowest BCUT2D eigenvalue weighted by Crippen LogP contribution is -2.57. The molecule has 7 heteroatoms. The van der Waals surface area contributed by atoms with E-state index in [0.29, 0.717) is 11.4 Å². The fourth-order valence-electron chi connectivity index (χ4n) is 1.96. The first-order valence-electron chi connectivity index (χ1n) is 5.47. The van der Waals surface area contributed by atoms with Crippen molar-refractivity contribution in [3.63, 3.8) is 0 Å². The van der Waals surface area contributed by atoms with E-state index in [1.165, 1.54) is 4.90 Å². The van der Waals surface area contributed by atoms with Crippen molar-refractivity contribution in [1.29, 1.82) is 10.8 Å². The van der Waals surface area contributed by atoms with Crippen molar-refractivity contribution < 1.29 is 0 Å². The Morgan fingerprint density at radius 3 is 1.95 bits per heavy atom. The number of nitrogens with two attached hydrogens (primary N) is 2. The van der Waals surface area contributed by atoms with Crippen LogP contribution in [0.3, 0.4) is 0 Å². The molecule has 0 saturated heterocycles. The van der Waals surface area contributed by atoms with Crippen molar-refractivity contribution in [2.24, 2.45) is 11.5 Å². The molecule has 0 unspecified atom stereocenters. The molecular weight excluding hydrogens is 285 g/mol. The lowest BCUT2D eigenvalue weighted by Gasteiger charge is -2.37. The smallest absolute Gasteiger partial charge is 0.195 e. The molecule has 0 aliphatic rings. The Balaban J connectivity index is 0.00000324. The summed E-state index contributed by atoms with van der Waals surface area (Å²) in [5.41, 5.74) is 11.4. The first kappa shape index (κ1) is 17.5. The molecule has 0 atom stereocenters. The maximum Gasteiger partial charge on any atom is 0.195 e. The van der Waals surface area contributed by atoms with E-state index in [9.17, 15) is 0 Å². The molecule has 0 bridgehead atoms. The van der Waals surface area contributed by atoms with Crippen LogP contribution < -0.4 is 11.5 Å². The molecule has 0 fully saturated rings. The van der Waals surface area contributed by atoms with E-state index in [4.69, 9.17) is 33.9 Å². The first-order valence-corrected chi connectivity index (χ1v) is 5.84. The molecule has 1 aromatic rings. The molecular formula is C12H19Cl2N5. The van der Waals surface area contributed by atoms with Gasteiger partial charge in [0.15, 0.2) is 11.9 Å². The van der Waals surface area contributed by atoms with Crippen LogP contribution in [0.4, 0.5) is 0 Å². The SMILES string of the molecule is CC(C)(Cc1ccc(Cl)cc1)N(C(=N)N)C(=N)N.Cl. The topological polar surface area (TPSA) is 103 Å². The highest BCUT2D eigenvalue weighted by Gasteiger charge is 2.30. The first-order chi connectivity index (χ1) is 8.24. The zero-order valence-electron chi connectivity index (χ0n) is 10.9. The van der Waals surface area contributed by atoms with E-state index >= 15 is 0 Å². The highest BCUT2D eigenvalue weighted by Crippen LogP contribution is 2.21. The number of hydrogen-bond donors (Lipinski definition) is 4. The summed E-state index contributed by atoms with van der Waals surface area (Å²) in [5, 5.41) is 15.7. The summed E-state index contributed by atoms with van der Waals surface area (Å²) >= 11 is 5.83. The molecule has 0 aliphatic heterocycles. The number of rotatable bonds is 3. The van der Waals surface area contributed by atoms with Crippen molar-refractivity contribution in [1.82, 2.24) is 4.90 Å². The van der Waals surface area contributed by atoms with Crippen molar-refractivity contribution in [2.45, 2.75) is 25.8 Å². The minimum Gasteiger partial charge on any atom is -0.370 e. The van der Waals surface area contributed by atoms with Crippen LogP contribution in [0.25, 0.3) is 0 Å². The van der Waals surface area contributed by atoms with Crippen molar-refractivity contribution in [3.05, 3.63) is 34.9 Å². The summed E-state index contributed by atoms with van der Waals surface area (Å²) in [6.07, 6.45) is 0.601. The fourth-order valence-corrected chi connectivity index (χ4v) is 2.09. The van der Waals surface area contributed by atoms with E-state index in [1.807, 2.05) is 26.0 Å². The number of benzene rings is 1. The van der Waals surface area contributed by atoms with Crippen molar-refractivity contribution >= 4 is 35.9 Å². The molecule has 19 heavy (non-hydrogen) atoms. The molecule has 0 spiro atoms. The minimum atomic E-state index is -0.550. The van der Waals surface area contributed by atoms with Gasteiger partial charge in [-0.3, -0.25) is 15.7 Å². The summed E-state index contributed by atoms with van der Waals surface area (Å²) in [6, 6.07) is 7.42. The average Bonchev–Trinajstić information content (AvgIpc) is 2.19. The monoisotopic (exact) mass is 303 g/mol. The Morgan fingerprint density at radius 1 is 1.16 bits per heavy atom. The summed E-state index contributed by atoms with van der Waals surface area (Å²) in [7, 11) is 0. The minimum absolute atomic E-state index is 0. The third-order valence-electron chi connectivity index (χ3n) is 2.64. The van der Waals surface area contributed by atoms with Gasteiger partial charge in [-0.25, -0.2) is 0 Å². The van der Waals surface area contributed by atoms with Gasteiger partial charge in [0.05, 0.1) is 0 Å². The van der Waals surface area contributed by atoms with Gasteiger partial charge in [0, 0.05) is 10.6 Å². The van der Waals surface area contributed by atoms with Gasteiger partial charge in [-0.15, -0.1) is 12.4 Å². The molecule has 0 amide bonds. The Bertz CT molecular complexity index is 442. The fraction of sp³-hybridized carbons (Fsp3) is 0.333. The molecule has 0 aromatic heterocycles. The highest BCUT2D eigenvalue weighted by molar-refractivity contribution is 6.30. The van der Waals surface area contributed by atoms with Gasteiger partial charge >= 0.3 is 0 Å². The second-order valence-electron chi connectivity index (χ2n) is 4.72. The van der Waals surface area contributed by atoms with E-state index in [2.05, 4.69) is 0 Å². The Hall–Kier alpha value is -1.46. The van der Waals surface area contributed by atoms with Gasteiger partial charge in [0.2, 0.25) is 0 Å². The van der Waals surface area contributed by atoms with E-state index < -0.39 is 5.54 Å². The highest BCUT2D eigenvalue weighted by atomic mass is 35.5. The molecule has 1 rings (SSSR count). The lowest BCUT2D eigenvalue weighted by atomic mass is 9.93. The number of halogens is 2.